The zero-order valence-corrected chi connectivity index (χ0v) is 19.8. The van der Waals surface area contributed by atoms with Crippen LogP contribution in [0.3, 0.4) is 0 Å². The van der Waals surface area contributed by atoms with Crippen molar-refractivity contribution < 1.29 is 9.59 Å². The van der Waals surface area contributed by atoms with E-state index in [0.29, 0.717) is 23.0 Å². The molecule has 2 aliphatic rings. The summed E-state index contributed by atoms with van der Waals surface area (Å²) in [5, 5.41) is 3.64. The molecular weight excluding hydrogens is 420 g/mol. The number of carbonyl (C=O) groups excluding carboxylic acids is 2. The van der Waals surface area contributed by atoms with Crippen LogP contribution in [-0.2, 0) is 24.2 Å². The van der Waals surface area contributed by atoms with Crippen LogP contribution < -0.4 is 11.1 Å². The van der Waals surface area contributed by atoms with Crippen LogP contribution in [0.5, 0.6) is 0 Å². The van der Waals surface area contributed by atoms with Crippen molar-refractivity contribution in [3.05, 3.63) is 51.9 Å². The molecule has 6 nitrogen and oxygen atoms in total. The molecule has 32 heavy (non-hydrogen) atoms. The fourth-order valence-electron chi connectivity index (χ4n) is 5.01. The maximum Gasteiger partial charge on any atom is 0.251 e. The number of likely N-dealkylation sites (tertiary alicyclic amines) is 1. The molecule has 2 amide bonds. The molecule has 0 saturated carbocycles. The van der Waals surface area contributed by atoms with Crippen LogP contribution >= 0.6 is 11.3 Å². The number of nitrogens with zero attached hydrogens (tertiary/aromatic N) is 2. The Morgan fingerprint density at radius 2 is 1.88 bits per heavy atom. The molecule has 1 aromatic heterocycles. The Labute approximate surface area is 194 Å². The lowest BCUT2D eigenvalue weighted by atomic mass is 9.95. The number of rotatable bonds is 8. The molecule has 0 spiro atoms. The highest BCUT2D eigenvalue weighted by Gasteiger charge is 2.26. The largest absolute Gasteiger partial charge is 0.365 e. The molecule has 0 unspecified atom stereocenters. The van der Waals surface area contributed by atoms with Crippen molar-refractivity contribution in [2.45, 2.75) is 45.1 Å². The highest BCUT2D eigenvalue weighted by Crippen LogP contribution is 2.37. The van der Waals surface area contributed by atoms with Crippen LogP contribution in [-0.4, -0.2) is 54.8 Å². The molecule has 1 aliphatic carbocycles. The Balaban J connectivity index is 1.24. The van der Waals surface area contributed by atoms with E-state index >= 15 is 0 Å². The molecule has 3 N–H and O–H groups in total. The first-order valence-corrected chi connectivity index (χ1v) is 12.5. The first-order chi connectivity index (χ1) is 15.5. The number of thiophene rings is 1. The topological polar surface area (TPSA) is 78.7 Å². The molecule has 7 heteroatoms. The predicted molar refractivity (Wildman–Crippen MR) is 130 cm³/mol. The SMILES string of the molecule is CN(Cc1ccccc1)CC1CCN(CC(=O)Nc2sc3c(c2C(N)=O)CCCC3)CC1. The molecule has 0 radical (unpaired) electrons. The summed E-state index contributed by atoms with van der Waals surface area (Å²) in [5.74, 6) is 0.180. The normalized spacial score (nSPS) is 17.3. The third kappa shape index (κ3) is 5.77. The Hall–Kier alpha value is -2.22. The van der Waals surface area contributed by atoms with E-state index < -0.39 is 5.91 Å². The van der Waals surface area contributed by atoms with E-state index in [1.54, 1.807) is 0 Å². The molecule has 1 aliphatic heterocycles. The summed E-state index contributed by atoms with van der Waals surface area (Å²) in [5.41, 5.74) is 8.59. The number of nitrogens with two attached hydrogens (primary N) is 1. The number of primary amides is 1. The molecule has 1 saturated heterocycles. The lowest BCUT2D eigenvalue weighted by Crippen LogP contribution is -2.41. The quantitative estimate of drug-likeness (QED) is 0.640. The van der Waals surface area contributed by atoms with Gasteiger partial charge in [-0.05, 0) is 75.7 Å². The van der Waals surface area contributed by atoms with Gasteiger partial charge in [-0.1, -0.05) is 30.3 Å². The maximum atomic E-state index is 12.7. The molecule has 0 bridgehead atoms. The second-order valence-corrected chi connectivity index (χ2v) is 10.3. The summed E-state index contributed by atoms with van der Waals surface area (Å²) in [6.45, 7) is 4.28. The lowest BCUT2D eigenvalue weighted by molar-refractivity contribution is -0.117. The van der Waals surface area contributed by atoms with Crippen LogP contribution in [0, 0.1) is 5.92 Å². The number of hydrogen-bond acceptors (Lipinski definition) is 5. The average molecular weight is 455 g/mol. The van der Waals surface area contributed by atoms with Crippen molar-refractivity contribution in [3.63, 3.8) is 0 Å². The molecule has 2 heterocycles. The van der Waals surface area contributed by atoms with Crippen LogP contribution in [0.4, 0.5) is 5.00 Å². The smallest absolute Gasteiger partial charge is 0.251 e. The Morgan fingerprint density at radius 3 is 2.59 bits per heavy atom. The van der Waals surface area contributed by atoms with Crippen LogP contribution in [0.2, 0.25) is 0 Å². The van der Waals surface area contributed by atoms with Gasteiger partial charge >= 0.3 is 0 Å². The van der Waals surface area contributed by atoms with Crippen molar-refractivity contribution in [3.8, 4) is 0 Å². The highest BCUT2D eigenvalue weighted by atomic mass is 32.1. The van der Waals surface area contributed by atoms with E-state index in [-0.39, 0.29) is 5.91 Å². The van der Waals surface area contributed by atoms with Gasteiger partial charge < -0.3 is 16.0 Å². The fraction of sp³-hybridized carbons (Fsp3) is 0.520. The maximum absolute atomic E-state index is 12.7. The Kier molecular flexibility index (Phi) is 7.60. The fourth-order valence-corrected chi connectivity index (χ4v) is 6.32. The van der Waals surface area contributed by atoms with E-state index in [2.05, 4.69) is 52.5 Å². The molecular formula is C25H34N4O2S. The highest BCUT2D eigenvalue weighted by molar-refractivity contribution is 7.17. The van der Waals surface area contributed by atoms with Crippen molar-refractivity contribution in [1.29, 1.82) is 0 Å². The molecule has 1 fully saturated rings. The summed E-state index contributed by atoms with van der Waals surface area (Å²) in [6.07, 6.45) is 6.27. The second-order valence-electron chi connectivity index (χ2n) is 9.23. The van der Waals surface area contributed by atoms with Gasteiger partial charge in [0.1, 0.15) is 5.00 Å². The van der Waals surface area contributed by atoms with Gasteiger partial charge in [0.2, 0.25) is 5.91 Å². The minimum atomic E-state index is -0.430. The number of anilines is 1. The Morgan fingerprint density at radius 1 is 1.16 bits per heavy atom. The van der Waals surface area contributed by atoms with Gasteiger partial charge in [-0.15, -0.1) is 11.3 Å². The van der Waals surface area contributed by atoms with E-state index in [0.717, 1.165) is 70.3 Å². The zero-order valence-electron chi connectivity index (χ0n) is 18.9. The van der Waals surface area contributed by atoms with Crippen LogP contribution in [0.15, 0.2) is 30.3 Å². The minimum absolute atomic E-state index is 0.0502. The van der Waals surface area contributed by atoms with Crippen LogP contribution in [0.25, 0.3) is 0 Å². The van der Waals surface area contributed by atoms with E-state index in [9.17, 15) is 9.59 Å². The summed E-state index contributed by atoms with van der Waals surface area (Å²) >= 11 is 1.53. The molecule has 4 rings (SSSR count). The van der Waals surface area contributed by atoms with Gasteiger partial charge in [0.05, 0.1) is 12.1 Å². The molecule has 1 aromatic carbocycles. The third-order valence-electron chi connectivity index (χ3n) is 6.61. The van der Waals surface area contributed by atoms with Crippen molar-refractivity contribution in [2.24, 2.45) is 11.7 Å². The van der Waals surface area contributed by atoms with E-state index in [1.165, 1.54) is 21.8 Å². The van der Waals surface area contributed by atoms with Gasteiger partial charge in [-0.2, -0.15) is 0 Å². The van der Waals surface area contributed by atoms with Gasteiger partial charge in [0.15, 0.2) is 0 Å². The number of benzene rings is 1. The number of amides is 2. The van der Waals surface area contributed by atoms with E-state index in [4.69, 9.17) is 5.73 Å². The van der Waals surface area contributed by atoms with Gasteiger partial charge in [0.25, 0.3) is 5.91 Å². The second kappa shape index (κ2) is 10.6. The number of piperidine rings is 1. The van der Waals surface area contributed by atoms with E-state index in [1.807, 2.05) is 0 Å². The van der Waals surface area contributed by atoms with Crippen molar-refractivity contribution >= 4 is 28.2 Å². The monoisotopic (exact) mass is 454 g/mol. The van der Waals surface area contributed by atoms with Crippen LogP contribution in [0.1, 0.15) is 52.0 Å². The number of fused-ring (bicyclic) bond motifs is 1. The molecule has 172 valence electrons. The van der Waals surface area contributed by atoms with Gasteiger partial charge in [0, 0.05) is 18.0 Å². The summed E-state index contributed by atoms with van der Waals surface area (Å²) in [4.78, 5) is 30.6. The predicted octanol–water partition coefficient (Wildman–Crippen LogP) is 3.51. The lowest BCUT2D eigenvalue weighted by Gasteiger charge is -2.33. The zero-order chi connectivity index (χ0) is 22.5. The van der Waals surface area contributed by atoms with Crippen molar-refractivity contribution in [2.75, 3.05) is 38.5 Å². The number of hydrogen-bond donors (Lipinski definition) is 2. The summed E-state index contributed by atoms with van der Waals surface area (Å²) in [6, 6.07) is 10.6. The third-order valence-corrected chi connectivity index (χ3v) is 7.82. The summed E-state index contributed by atoms with van der Waals surface area (Å²) < 4.78 is 0. The summed E-state index contributed by atoms with van der Waals surface area (Å²) in [7, 11) is 2.18. The standard InChI is InChI=1S/C25H34N4O2S/c1-28(15-18-7-3-2-4-8-18)16-19-11-13-29(14-12-19)17-22(30)27-25-23(24(26)31)20-9-5-6-10-21(20)32-25/h2-4,7-8,19H,5-6,9-17H2,1H3,(H2,26,31)(H,27,30). The first-order valence-electron chi connectivity index (χ1n) is 11.7. The van der Waals surface area contributed by atoms with Gasteiger partial charge in [-0.25, -0.2) is 0 Å². The number of carbonyl (C=O) groups is 2. The van der Waals surface area contributed by atoms with Crippen molar-refractivity contribution in [1.82, 2.24) is 9.80 Å². The number of nitrogens with one attached hydrogen (secondary N) is 1. The Bertz CT molecular complexity index is 935. The first kappa shape index (κ1) is 23.0. The average Bonchev–Trinajstić information content (AvgIpc) is 3.13. The molecule has 0 atom stereocenters. The minimum Gasteiger partial charge on any atom is -0.365 e. The number of aryl methyl sites for hydroxylation is 1. The van der Waals surface area contributed by atoms with Gasteiger partial charge in [-0.3, -0.25) is 14.5 Å². The molecule has 2 aromatic rings.